The van der Waals surface area contributed by atoms with Gasteiger partial charge in [0.2, 0.25) is 0 Å². The summed E-state index contributed by atoms with van der Waals surface area (Å²) in [5, 5.41) is 1.41. The molecular weight excluding hydrogens is 378 g/mol. The summed E-state index contributed by atoms with van der Waals surface area (Å²) in [7, 11) is 1.39. The van der Waals surface area contributed by atoms with Gasteiger partial charge in [0, 0.05) is 22.0 Å². The van der Waals surface area contributed by atoms with E-state index in [1.54, 1.807) is 11.8 Å². The van der Waals surface area contributed by atoms with Crippen molar-refractivity contribution in [1.29, 1.82) is 0 Å². The number of ether oxygens (including phenoxy) is 1. The van der Waals surface area contributed by atoms with Crippen molar-refractivity contribution in [3.05, 3.63) is 85.3 Å². The van der Waals surface area contributed by atoms with Gasteiger partial charge in [-0.25, -0.2) is 4.79 Å². The number of nitrogens with one attached hydrogen (secondary N) is 1. The number of methoxy groups -OCH3 is 1. The fraction of sp³-hybridized carbons (Fsp3) is 0.238. The zero-order chi connectivity index (χ0) is 18.5. The van der Waals surface area contributed by atoms with E-state index in [-0.39, 0.29) is 16.8 Å². The Kier molecular flexibility index (Phi) is 3.98. The molecule has 0 saturated heterocycles. The van der Waals surface area contributed by atoms with Crippen LogP contribution in [0.3, 0.4) is 0 Å². The summed E-state index contributed by atoms with van der Waals surface area (Å²) in [4.78, 5) is 28.0. The number of thioether (sulfide) groups is 1. The zero-order valence-electron chi connectivity index (χ0n) is 14.6. The molecule has 1 N–H and O–H groups in total. The van der Waals surface area contributed by atoms with E-state index < -0.39 is 0 Å². The first-order chi connectivity index (χ1) is 13.2. The van der Waals surface area contributed by atoms with Crippen molar-refractivity contribution in [2.45, 2.75) is 28.5 Å². The third kappa shape index (κ3) is 2.66. The number of hydrogen-bond donors (Lipinski definition) is 1. The molecule has 0 bridgehead atoms. The summed E-state index contributed by atoms with van der Waals surface area (Å²) in [6.45, 7) is 0. The highest BCUT2D eigenvalue weighted by atomic mass is 32.2. The number of carbonyl (C=O) groups is 1. The van der Waals surface area contributed by atoms with Crippen LogP contribution >= 0.6 is 23.1 Å². The SMILES string of the molecule is COC(=O)c1ccc(C2c3sc(=O)[nH]c3SC3Cc4ccccc4C32)cc1. The van der Waals surface area contributed by atoms with Gasteiger partial charge >= 0.3 is 10.8 Å². The van der Waals surface area contributed by atoms with Gasteiger partial charge in [0.15, 0.2) is 0 Å². The number of thiazole rings is 1. The van der Waals surface area contributed by atoms with Gasteiger partial charge in [0.05, 0.1) is 17.7 Å². The minimum absolute atomic E-state index is 0.00283. The maximum atomic E-state index is 12.1. The molecule has 3 atom stereocenters. The first-order valence-corrected chi connectivity index (χ1v) is 10.5. The number of aromatic amines is 1. The number of fused-ring (bicyclic) bond motifs is 4. The standard InChI is InChI=1S/C21H17NO3S2/c1-25-20(23)12-8-6-11(7-9-12)16-17-14-5-3-2-4-13(14)10-15(17)26-19-18(16)27-21(24)22-19/h2-9,15-17H,10H2,1H3,(H,22,24). The topological polar surface area (TPSA) is 59.2 Å². The van der Waals surface area contributed by atoms with Crippen LogP contribution in [-0.2, 0) is 11.2 Å². The number of rotatable bonds is 2. The highest BCUT2D eigenvalue weighted by molar-refractivity contribution is 8.00. The molecule has 3 unspecified atom stereocenters. The molecule has 3 aromatic rings. The predicted molar refractivity (Wildman–Crippen MR) is 107 cm³/mol. The highest BCUT2D eigenvalue weighted by Crippen LogP contribution is 2.57. The zero-order valence-corrected chi connectivity index (χ0v) is 16.2. The fourth-order valence-corrected chi connectivity index (χ4v) is 6.99. The summed E-state index contributed by atoms with van der Waals surface area (Å²) in [6, 6.07) is 16.2. The number of H-pyrrole nitrogens is 1. The third-order valence-electron chi connectivity index (χ3n) is 5.48. The Hall–Kier alpha value is -2.31. The summed E-state index contributed by atoms with van der Waals surface area (Å²) in [5.41, 5.74) is 4.45. The molecule has 0 fully saturated rings. The number of carbonyl (C=O) groups excluding carboxylic acids is 1. The van der Waals surface area contributed by atoms with E-state index in [0.29, 0.717) is 16.7 Å². The van der Waals surface area contributed by atoms with Crippen LogP contribution in [0.1, 0.15) is 43.8 Å². The van der Waals surface area contributed by atoms with Crippen LogP contribution in [0.25, 0.3) is 0 Å². The molecule has 0 radical (unpaired) electrons. The van der Waals surface area contributed by atoms with Crippen molar-refractivity contribution in [3.63, 3.8) is 0 Å². The summed E-state index contributed by atoms with van der Waals surface area (Å²) < 4.78 is 4.81. The van der Waals surface area contributed by atoms with E-state index in [9.17, 15) is 9.59 Å². The Labute approximate surface area is 164 Å². The minimum atomic E-state index is -0.336. The number of esters is 1. The van der Waals surface area contributed by atoms with Crippen molar-refractivity contribution in [2.75, 3.05) is 7.11 Å². The van der Waals surface area contributed by atoms with E-state index in [0.717, 1.165) is 21.9 Å². The Bertz CT molecular complexity index is 1080. The van der Waals surface area contributed by atoms with Gasteiger partial charge in [-0.2, -0.15) is 0 Å². The lowest BCUT2D eigenvalue weighted by Crippen LogP contribution is -2.23. The van der Waals surface area contributed by atoms with Crippen LogP contribution in [0.5, 0.6) is 0 Å². The van der Waals surface area contributed by atoms with E-state index in [1.807, 2.05) is 24.3 Å². The molecule has 2 heterocycles. The van der Waals surface area contributed by atoms with Crippen molar-refractivity contribution in [1.82, 2.24) is 4.98 Å². The predicted octanol–water partition coefficient (Wildman–Crippen LogP) is 4.17. The fourth-order valence-electron chi connectivity index (χ4n) is 4.33. The van der Waals surface area contributed by atoms with Crippen LogP contribution in [0.4, 0.5) is 0 Å². The van der Waals surface area contributed by atoms with E-state index >= 15 is 0 Å². The molecular formula is C21H17NO3S2. The lowest BCUT2D eigenvalue weighted by Gasteiger charge is -2.33. The molecule has 6 heteroatoms. The van der Waals surface area contributed by atoms with Gasteiger partial charge < -0.3 is 9.72 Å². The lowest BCUT2D eigenvalue weighted by molar-refractivity contribution is 0.0600. The summed E-state index contributed by atoms with van der Waals surface area (Å²) >= 11 is 3.10. The summed E-state index contributed by atoms with van der Waals surface area (Å²) in [5.74, 6) is 0.108. The van der Waals surface area contributed by atoms with Crippen molar-refractivity contribution >= 4 is 29.1 Å². The van der Waals surface area contributed by atoms with Crippen LogP contribution in [-0.4, -0.2) is 23.3 Å². The van der Waals surface area contributed by atoms with Gasteiger partial charge in [-0.3, -0.25) is 4.79 Å². The van der Waals surface area contributed by atoms with E-state index in [1.165, 1.54) is 29.6 Å². The molecule has 5 rings (SSSR count). The van der Waals surface area contributed by atoms with Gasteiger partial charge in [0.25, 0.3) is 0 Å². The van der Waals surface area contributed by atoms with Gasteiger partial charge in [-0.05, 0) is 35.2 Å². The van der Waals surface area contributed by atoms with Crippen LogP contribution in [0.15, 0.2) is 58.4 Å². The number of aromatic nitrogens is 1. The maximum absolute atomic E-state index is 12.1. The van der Waals surface area contributed by atoms with Gasteiger partial charge in [0.1, 0.15) is 0 Å². The molecule has 1 aliphatic heterocycles. The maximum Gasteiger partial charge on any atom is 0.337 e. The van der Waals surface area contributed by atoms with Crippen LogP contribution in [0.2, 0.25) is 0 Å². The second kappa shape index (κ2) is 6.39. The average molecular weight is 396 g/mol. The van der Waals surface area contributed by atoms with Gasteiger partial charge in [-0.1, -0.05) is 47.7 Å². The Balaban J connectivity index is 1.65. The van der Waals surface area contributed by atoms with Crippen molar-refractivity contribution < 1.29 is 9.53 Å². The average Bonchev–Trinajstić information content (AvgIpc) is 3.24. The summed E-state index contributed by atoms with van der Waals surface area (Å²) in [6.07, 6.45) is 1.01. The number of benzene rings is 2. The molecule has 1 aliphatic carbocycles. The first-order valence-electron chi connectivity index (χ1n) is 8.81. The monoisotopic (exact) mass is 395 g/mol. The second-order valence-electron chi connectivity index (χ2n) is 6.88. The Morgan fingerprint density at radius 3 is 2.70 bits per heavy atom. The van der Waals surface area contributed by atoms with Crippen molar-refractivity contribution in [3.8, 4) is 0 Å². The molecule has 1 aromatic heterocycles. The smallest absolute Gasteiger partial charge is 0.337 e. The molecule has 136 valence electrons. The molecule has 0 amide bonds. The Morgan fingerprint density at radius 1 is 1.15 bits per heavy atom. The Morgan fingerprint density at radius 2 is 1.93 bits per heavy atom. The molecule has 0 spiro atoms. The molecule has 4 nitrogen and oxygen atoms in total. The van der Waals surface area contributed by atoms with E-state index in [2.05, 4.69) is 29.2 Å². The minimum Gasteiger partial charge on any atom is -0.465 e. The largest absolute Gasteiger partial charge is 0.465 e. The molecule has 27 heavy (non-hydrogen) atoms. The third-order valence-corrected chi connectivity index (χ3v) is 7.89. The lowest BCUT2D eigenvalue weighted by atomic mass is 9.80. The second-order valence-corrected chi connectivity index (χ2v) is 9.15. The van der Waals surface area contributed by atoms with Gasteiger partial charge in [-0.15, -0.1) is 11.8 Å². The molecule has 0 saturated carbocycles. The first kappa shape index (κ1) is 16.8. The molecule has 2 aromatic carbocycles. The molecule has 2 aliphatic rings. The van der Waals surface area contributed by atoms with Crippen molar-refractivity contribution in [2.24, 2.45) is 0 Å². The van der Waals surface area contributed by atoms with Crippen LogP contribution in [0, 0.1) is 0 Å². The normalized spacial score (nSPS) is 22.6. The van der Waals surface area contributed by atoms with E-state index in [4.69, 9.17) is 4.74 Å². The quantitative estimate of drug-likeness (QED) is 0.662. The van der Waals surface area contributed by atoms with Crippen LogP contribution < -0.4 is 4.87 Å². The number of hydrogen-bond acceptors (Lipinski definition) is 5. The highest BCUT2D eigenvalue weighted by Gasteiger charge is 2.45.